The zero-order chi connectivity index (χ0) is 23.5. The molecule has 1 aliphatic heterocycles. The van der Waals surface area contributed by atoms with Gasteiger partial charge in [0.1, 0.15) is 0 Å². The topological polar surface area (TPSA) is 23.5 Å². The van der Waals surface area contributed by atoms with Crippen LogP contribution in [0.25, 0.3) is 11.1 Å². The third-order valence-corrected chi connectivity index (χ3v) is 8.95. The lowest BCUT2D eigenvalue weighted by atomic mass is 9.74. The largest absolute Gasteiger partial charge is 0.385 e. The molecule has 1 N–H and O–H groups in total. The molecule has 35 heavy (non-hydrogen) atoms. The van der Waals surface area contributed by atoms with Crippen molar-refractivity contribution in [2.75, 3.05) is 19.6 Å². The van der Waals surface area contributed by atoms with Crippen LogP contribution in [0.1, 0.15) is 53.0 Å². The minimum absolute atomic E-state index is 0.0786. The molecule has 2 heteroatoms. The molecule has 2 nitrogen and oxygen atoms in total. The van der Waals surface area contributed by atoms with Crippen LogP contribution in [0.5, 0.6) is 0 Å². The van der Waals surface area contributed by atoms with Crippen LogP contribution in [0.2, 0.25) is 0 Å². The number of piperidine rings is 1. The molecule has 0 radical (unpaired) electrons. The highest BCUT2D eigenvalue weighted by molar-refractivity contribution is 5.68. The van der Waals surface area contributed by atoms with E-state index >= 15 is 0 Å². The molecule has 4 aromatic rings. The molecular weight excluding hydrogens is 426 g/mol. The average molecular weight is 458 g/mol. The molecule has 0 aromatic heterocycles. The van der Waals surface area contributed by atoms with Gasteiger partial charge < -0.3 is 10.0 Å². The molecule has 2 bridgehead atoms. The first-order valence-corrected chi connectivity index (χ1v) is 13.0. The Morgan fingerprint density at radius 3 is 1.86 bits per heavy atom. The van der Waals surface area contributed by atoms with E-state index in [4.69, 9.17) is 0 Å². The highest BCUT2D eigenvalue weighted by Gasteiger charge is 2.53. The van der Waals surface area contributed by atoms with Gasteiger partial charge in [-0.05, 0) is 58.2 Å². The van der Waals surface area contributed by atoms with Gasteiger partial charge in [0.15, 0.2) is 0 Å². The molecule has 3 aliphatic rings. The SMILES string of the molecule is OC1(c2ccccc2-c2ccccc2)CCN(CC23CC(c4ccccc42)c2ccccc23)CC1. The lowest BCUT2D eigenvalue weighted by Crippen LogP contribution is -2.48. The Balaban J connectivity index is 1.17. The van der Waals surface area contributed by atoms with Crippen molar-refractivity contribution in [3.05, 3.63) is 131 Å². The minimum Gasteiger partial charge on any atom is -0.385 e. The van der Waals surface area contributed by atoms with E-state index in [2.05, 4.69) is 102 Å². The molecule has 0 atom stereocenters. The number of hydrogen-bond acceptors (Lipinski definition) is 2. The second kappa shape index (κ2) is 7.91. The van der Waals surface area contributed by atoms with Gasteiger partial charge in [-0.15, -0.1) is 0 Å². The Kier molecular flexibility index (Phi) is 4.77. The number of nitrogens with zero attached hydrogens (tertiary/aromatic N) is 1. The summed E-state index contributed by atoms with van der Waals surface area (Å²) in [5, 5.41) is 11.9. The number of fused-ring (bicyclic) bond motifs is 8. The second-order valence-corrected chi connectivity index (χ2v) is 10.7. The van der Waals surface area contributed by atoms with Crippen LogP contribution < -0.4 is 0 Å². The first kappa shape index (κ1) is 21.1. The van der Waals surface area contributed by atoms with Gasteiger partial charge >= 0.3 is 0 Å². The summed E-state index contributed by atoms with van der Waals surface area (Å²) >= 11 is 0. The van der Waals surface area contributed by atoms with Crippen LogP contribution in [0.4, 0.5) is 0 Å². The molecule has 0 unspecified atom stereocenters. The minimum atomic E-state index is -0.787. The Labute approximate surface area is 207 Å². The third-order valence-electron chi connectivity index (χ3n) is 8.95. The van der Waals surface area contributed by atoms with Gasteiger partial charge in [-0.3, -0.25) is 0 Å². The van der Waals surface area contributed by atoms with Gasteiger partial charge in [-0.1, -0.05) is 103 Å². The molecule has 1 heterocycles. The summed E-state index contributed by atoms with van der Waals surface area (Å²) in [7, 11) is 0. The lowest BCUT2D eigenvalue weighted by Gasteiger charge is -2.43. The fraction of sp³-hybridized carbons (Fsp3) is 0.273. The summed E-state index contributed by atoms with van der Waals surface area (Å²) in [5.41, 5.74) is 8.79. The molecule has 1 saturated heterocycles. The molecule has 2 aliphatic carbocycles. The summed E-state index contributed by atoms with van der Waals surface area (Å²) in [6.45, 7) is 2.86. The lowest BCUT2D eigenvalue weighted by molar-refractivity contribution is -0.0285. The Morgan fingerprint density at radius 1 is 0.657 bits per heavy atom. The van der Waals surface area contributed by atoms with Crippen molar-refractivity contribution in [1.29, 1.82) is 0 Å². The first-order valence-electron chi connectivity index (χ1n) is 13.0. The standard InChI is InChI=1S/C33H31NO/c35-33(31-17-9-4-12-25(31)24-10-2-1-3-11-24)18-20-34(21-19-33)23-32-22-28(26-13-5-7-15-29(26)32)27-14-6-8-16-30(27)32/h1-17,28,35H,18-23H2. The van der Waals surface area contributed by atoms with E-state index in [-0.39, 0.29) is 5.41 Å². The Morgan fingerprint density at radius 2 is 1.20 bits per heavy atom. The monoisotopic (exact) mass is 457 g/mol. The van der Waals surface area contributed by atoms with Gasteiger partial charge in [0.25, 0.3) is 0 Å². The number of likely N-dealkylation sites (tertiary alicyclic amines) is 1. The smallest absolute Gasteiger partial charge is 0.0926 e. The van der Waals surface area contributed by atoms with E-state index in [1.807, 2.05) is 6.07 Å². The van der Waals surface area contributed by atoms with Crippen molar-refractivity contribution in [2.24, 2.45) is 0 Å². The molecule has 0 saturated carbocycles. The van der Waals surface area contributed by atoms with Crippen molar-refractivity contribution < 1.29 is 5.11 Å². The predicted molar refractivity (Wildman–Crippen MR) is 142 cm³/mol. The summed E-state index contributed by atoms with van der Waals surface area (Å²) in [6.07, 6.45) is 2.71. The van der Waals surface area contributed by atoms with E-state index in [1.54, 1.807) is 0 Å². The first-order chi connectivity index (χ1) is 17.2. The number of benzene rings is 4. The second-order valence-electron chi connectivity index (χ2n) is 10.7. The fourth-order valence-corrected chi connectivity index (χ4v) is 7.30. The quantitative estimate of drug-likeness (QED) is 0.379. The van der Waals surface area contributed by atoms with Crippen LogP contribution >= 0.6 is 0 Å². The zero-order valence-electron chi connectivity index (χ0n) is 20.0. The molecular formula is C33H31NO. The van der Waals surface area contributed by atoms with E-state index < -0.39 is 5.60 Å². The van der Waals surface area contributed by atoms with Gasteiger partial charge in [-0.2, -0.15) is 0 Å². The van der Waals surface area contributed by atoms with E-state index in [0.717, 1.165) is 43.6 Å². The van der Waals surface area contributed by atoms with Gasteiger partial charge in [0, 0.05) is 31.0 Å². The van der Waals surface area contributed by atoms with Gasteiger partial charge in [0.2, 0.25) is 0 Å². The van der Waals surface area contributed by atoms with Crippen molar-refractivity contribution >= 4 is 0 Å². The molecule has 0 amide bonds. The normalized spacial score (nSPS) is 24.2. The van der Waals surface area contributed by atoms with Gasteiger partial charge in [0.05, 0.1) is 5.60 Å². The Hall–Kier alpha value is -3.20. The molecule has 1 fully saturated rings. The number of aliphatic hydroxyl groups is 1. The maximum absolute atomic E-state index is 11.9. The maximum Gasteiger partial charge on any atom is 0.0926 e. The van der Waals surface area contributed by atoms with Crippen molar-refractivity contribution in [2.45, 2.75) is 36.2 Å². The maximum atomic E-state index is 11.9. The van der Waals surface area contributed by atoms with E-state index in [0.29, 0.717) is 5.92 Å². The van der Waals surface area contributed by atoms with Crippen molar-refractivity contribution in [3.8, 4) is 11.1 Å². The van der Waals surface area contributed by atoms with Crippen molar-refractivity contribution in [3.63, 3.8) is 0 Å². The average Bonchev–Trinajstić information content (AvgIpc) is 3.43. The number of hydrogen-bond donors (Lipinski definition) is 1. The van der Waals surface area contributed by atoms with Crippen molar-refractivity contribution in [1.82, 2.24) is 4.90 Å². The summed E-state index contributed by atoms with van der Waals surface area (Å²) < 4.78 is 0. The van der Waals surface area contributed by atoms with Crippen LogP contribution in [0, 0.1) is 0 Å². The third kappa shape index (κ3) is 3.17. The molecule has 174 valence electrons. The van der Waals surface area contributed by atoms with Crippen LogP contribution in [0.15, 0.2) is 103 Å². The van der Waals surface area contributed by atoms with Gasteiger partial charge in [-0.25, -0.2) is 0 Å². The van der Waals surface area contributed by atoms with E-state index in [9.17, 15) is 5.11 Å². The summed E-state index contributed by atoms with van der Waals surface area (Å²) in [4.78, 5) is 2.61. The molecule has 4 aromatic carbocycles. The molecule has 0 spiro atoms. The summed E-state index contributed by atoms with van der Waals surface area (Å²) in [6, 6.07) is 37.1. The highest BCUT2D eigenvalue weighted by Crippen LogP contribution is 2.60. The summed E-state index contributed by atoms with van der Waals surface area (Å²) in [5.74, 6) is 0.530. The Bertz CT molecular complexity index is 1340. The number of rotatable bonds is 4. The van der Waals surface area contributed by atoms with Crippen LogP contribution in [0.3, 0.4) is 0 Å². The molecule has 7 rings (SSSR count). The van der Waals surface area contributed by atoms with E-state index in [1.165, 1.54) is 34.2 Å². The van der Waals surface area contributed by atoms with Crippen LogP contribution in [-0.2, 0) is 11.0 Å². The highest BCUT2D eigenvalue weighted by atomic mass is 16.3. The fourth-order valence-electron chi connectivity index (χ4n) is 7.30. The predicted octanol–water partition coefficient (Wildman–Crippen LogP) is 6.47. The zero-order valence-corrected chi connectivity index (χ0v) is 20.0. The van der Waals surface area contributed by atoms with Crippen LogP contribution in [-0.4, -0.2) is 29.6 Å².